The number of aryl methyl sites for hydroxylation is 1. The van der Waals surface area contributed by atoms with Gasteiger partial charge in [0.1, 0.15) is 5.75 Å². The first-order valence-corrected chi connectivity index (χ1v) is 7.69. The van der Waals surface area contributed by atoms with Crippen molar-refractivity contribution in [1.82, 2.24) is 0 Å². The lowest BCUT2D eigenvalue weighted by atomic mass is 10.1. The molecule has 0 aliphatic rings. The number of rotatable bonds is 6. The maximum Gasteiger partial charge on any atom is 0.573 e. The van der Waals surface area contributed by atoms with E-state index < -0.39 is 30.6 Å². The van der Waals surface area contributed by atoms with E-state index in [9.17, 15) is 22.8 Å². The summed E-state index contributed by atoms with van der Waals surface area (Å²) in [6, 6.07) is 11.4. The van der Waals surface area contributed by atoms with E-state index in [4.69, 9.17) is 4.74 Å². The highest BCUT2D eigenvalue weighted by Crippen LogP contribution is 2.23. The van der Waals surface area contributed by atoms with Crippen LogP contribution in [0, 0.1) is 0 Å². The Hall–Kier alpha value is -3.03. The Bertz CT molecular complexity index is 773. The third-order valence-corrected chi connectivity index (χ3v) is 3.33. The molecule has 0 fully saturated rings. The third-order valence-electron chi connectivity index (χ3n) is 3.33. The normalized spacial score (nSPS) is 10.9. The minimum atomic E-state index is -4.81. The molecule has 0 heterocycles. The van der Waals surface area contributed by atoms with E-state index >= 15 is 0 Å². The lowest BCUT2D eigenvalue weighted by Crippen LogP contribution is -2.21. The number of amides is 1. The summed E-state index contributed by atoms with van der Waals surface area (Å²) in [5, 5.41) is 2.64. The lowest BCUT2D eigenvalue weighted by Gasteiger charge is -2.11. The second kappa shape index (κ2) is 8.37. The lowest BCUT2D eigenvalue weighted by molar-refractivity contribution is -0.274. The van der Waals surface area contributed by atoms with E-state index in [0.29, 0.717) is 5.69 Å². The molecule has 2 rings (SSSR count). The van der Waals surface area contributed by atoms with Gasteiger partial charge in [-0.25, -0.2) is 4.79 Å². The number of halogens is 3. The molecule has 1 N–H and O–H groups in total. The van der Waals surface area contributed by atoms with Gasteiger partial charge in [0.05, 0.1) is 5.56 Å². The van der Waals surface area contributed by atoms with Gasteiger partial charge in [-0.1, -0.05) is 25.1 Å². The molecule has 2 aromatic rings. The molecule has 0 aliphatic heterocycles. The number of ether oxygens (including phenoxy) is 2. The zero-order valence-electron chi connectivity index (χ0n) is 13.8. The van der Waals surface area contributed by atoms with E-state index in [1.54, 1.807) is 12.1 Å². The van der Waals surface area contributed by atoms with Crippen LogP contribution in [0.1, 0.15) is 22.8 Å². The van der Waals surface area contributed by atoms with Crippen LogP contribution < -0.4 is 10.1 Å². The summed E-state index contributed by atoms with van der Waals surface area (Å²) >= 11 is 0. The largest absolute Gasteiger partial charge is 0.573 e. The van der Waals surface area contributed by atoms with Gasteiger partial charge in [0, 0.05) is 5.69 Å². The number of nitrogens with one attached hydrogen (secondary N) is 1. The summed E-state index contributed by atoms with van der Waals surface area (Å²) in [6.45, 7) is 1.43. The van der Waals surface area contributed by atoms with Crippen molar-refractivity contribution in [3.63, 3.8) is 0 Å². The van der Waals surface area contributed by atoms with Crippen LogP contribution in [0.5, 0.6) is 5.75 Å². The summed E-state index contributed by atoms with van der Waals surface area (Å²) in [6.07, 6.45) is -4.09. The van der Waals surface area contributed by atoms with Gasteiger partial charge in [-0.3, -0.25) is 4.79 Å². The minimum absolute atomic E-state index is 0.00119. The molecule has 0 atom stereocenters. The Morgan fingerprint density at radius 3 is 2.31 bits per heavy atom. The minimum Gasteiger partial charge on any atom is -0.452 e. The van der Waals surface area contributed by atoms with Gasteiger partial charge in [0.25, 0.3) is 5.91 Å². The number of carbonyl (C=O) groups excluding carboxylic acids is 2. The molecule has 0 radical (unpaired) electrons. The van der Waals surface area contributed by atoms with Crippen LogP contribution in [0.2, 0.25) is 0 Å². The number of benzene rings is 2. The van der Waals surface area contributed by atoms with Gasteiger partial charge < -0.3 is 14.8 Å². The third kappa shape index (κ3) is 5.80. The van der Waals surface area contributed by atoms with Gasteiger partial charge in [-0.05, 0) is 42.3 Å². The first kappa shape index (κ1) is 19.3. The van der Waals surface area contributed by atoms with Crippen molar-refractivity contribution in [3.05, 3.63) is 59.7 Å². The topological polar surface area (TPSA) is 64.6 Å². The van der Waals surface area contributed by atoms with Crippen LogP contribution in [0.3, 0.4) is 0 Å². The van der Waals surface area contributed by atoms with E-state index in [0.717, 1.165) is 36.2 Å². The van der Waals surface area contributed by atoms with E-state index in [2.05, 4.69) is 10.1 Å². The molecule has 8 heteroatoms. The summed E-state index contributed by atoms with van der Waals surface area (Å²) in [7, 11) is 0. The zero-order valence-corrected chi connectivity index (χ0v) is 13.8. The number of hydrogen-bond donors (Lipinski definition) is 1. The molecule has 138 valence electrons. The van der Waals surface area contributed by atoms with Crippen LogP contribution in [0.4, 0.5) is 18.9 Å². The van der Waals surface area contributed by atoms with E-state index in [-0.39, 0.29) is 5.56 Å². The van der Waals surface area contributed by atoms with Crippen LogP contribution in [-0.4, -0.2) is 24.8 Å². The van der Waals surface area contributed by atoms with Crippen molar-refractivity contribution < 1.29 is 32.2 Å². The Morgan fingerprint density at radius 2 is 1.69 bits per heavy atom. The first-order chi connectivity index (χ1) is 12.3. The number of alkyl halides is 3. The monoisotopic (exact) mass is 367 g/mol. The smallest absolute Gasteiger partial charge is 0.452 e. The highest BCUT2D eigenvalue weighted by molar-refractivity contribution is 5.95. The highest BCUT2D eigenvalue weighted by Gasteiger charge is 2.31. The van der Waals surface area contributed by atoms with Crippen molar-refractivity contribution in [2.24, 2.45) is 0 Å². The first-order valence-electron chi connectivity index (χ1n) is 7.69. The maximum atomic E-state index is 12.1. The Labute approximate surface area is 147 Å². The number of esters is 1. The fourth-order valence-electron chi connectivity index (χ4n) is 2.14. The predicted molar refractivity (Wildman–Crippen MR) is 87.9 cm³/mol. The van der Waals surface area contributed by atoms with Crippen molar-refractivity contribution >= 4 is 17.6 Å². The molecular weight excluding hydrogens is 351 g/mol. The molecule has 0 bridgehead atoms. The maximum absolute atomic E-state index is 12.1. The Balaban J connectivity index is 1.88. The van der Waals surface area contributed by atoms with Crippen LogP contribution in [0.15, 0.2) is 48.5 Å². The summed E-state index contributed by atoms with van der Waals surface area (Å²) in [5.41, 5.74) is 1.57. The standard InChI is InChI=1S/C18H16F3NO4/c1-2-12-5-3-4-6-15(12)22-16(23)11-25-17(24)13-7-9-14(10-8-13)26-18(19,20)21/h3-10H,2,11H2,1H3,(H,22,23). The second-order valence-electron chi connectivity index (χ2n) is 5.21. The summed E-state index contributed by atoms with van der Waals surface area (Å²) in [4.78, 5) is 23.7. The fourth-order valence-corrected chi connectivity index (χ4v) is 2.14. The molecule has 0 spiro atoms. The molecule has 2 aromatic carbocycles. The van der Waals surface area contributed by atoms with Crippen LogP contribution >= 0.6 is 0 Å². The van der Waals surface area contributed by atoms with Crippen molar-refractivity contribution in [1.29, 1.82) is 0 Å². The summed E-state index contributed by atoms with van der Waals surface area (Å²) in [5.74, 6) is -1.80. The Kier molecular flexibility index (Phi) is 6.21. The number of carbonyl (C=O) groups is 2. The molecule has 0 aliphatic carbocycles. The van der Waals surface area contributed by atoms with Crippen LogP contribution in [0.25, 0.3) is 0 Å². The number of para-hydroxylation sites is 1. The van der Waals surface area contributed by atoms with Crippen molar-refractivity contribution in [2.75, 3.05) is 11.9 Å². The van der Waals surface area contributed by atoms with Gasteiger partial charge in [-0.15, -0.1) is 13.2 Å². The van der Waals surface area contributed by atoms with Gasteiger partial charge >= 0.3 is 12.3 Å². The average molecular weight is 367 g/mol. The average Bonchev–Trinajstić information content (AvgIpc) is 2.59. The van der Waals surface area contributed by atoms with Gasteiger partial charge in [0.15, 0.2) is 6.61 Å². The van der Waals surface area contributed by atoms with E-state index in [1.807, 2.05) is 19.1 Å². The molecule has 0 saturated heterocycles. The number of anilines is 1. The molecule has 0 aromatic heterocycles. The van der Waals surface area contributed by atoms with Gasteiger partial charge in [-0.2, -0.15) is 0 Å². The summed E-state index contributed by atoms with van der Waals surface area (Å²) < 4.78 is 44.8. The highest BCUT2D eigenvalue weighted by atomic mass is 19.4. The quantitative estimate of drug-likeness (QED) is 0.786. The zero-order chi connectivity index (χ0) is 19.2. The predicted octanol–water partition coefficient (Wildman–Crippen LogP) is 3.94. The van der Waals surface area contributed by atoms with E-state index in [1.165, 1.54) is 0 Å². The molecule has 1 amide bonds. The fraction of sp³-hybridized carbons (Fsp3) is 0.222. The van der Waals surface area contributed by atoms with Crippen molar-refractivity contribution in [2.45, 2.75) is 19.7 Å². The van der Waals surface area contributed by atoms with Crippen LogP contribution in [-0.2, 0) is 16.0 Å². The molecule has 26 heavy (non-hydrogen) atoms. The molecule has 0 unspecified atom stereocenters. The Morgan fingerprint density at radius 1 is 1.04 bits per heavy atom. The molecule has 0 saturated carbocycles. The van der Waals surface area contributed by atoms with Crippen molar-refractivity contribution in [3.8, 4) is 5.75 Å². The molecular formula is C18H16F3NO4. The molecule has 5 nitrogen and oxygen atoms in total. The SMILES string of the molecule is CCc1ccccc1NC(=O)COC(=O)c1ccc(OC(F)(F)F)cc1. The number of hydrogen-bond acceptors (Lipinski definition) is 4. The van der Waals surface area contributed by atoms with Gasteiger partial charge in [0.2, 0.25) is 0 Å². The second-order valence-corrected chi connectivity index (χ2v) is 5.21.